The highest BCUT2D eigenvalue weighted by Gasteiger charge is 2.09. The molecule has 3 amide bonds. The number of hydrogen-bond donors (Lipinski definition) is 4. The van der Waals surface area contributed by atoms with Crippen molar-refractivity contribution in [2.24, 2.45) is 5.92 Å². The summed E-state index contributed by atoms with van der Waals surface area (Å²) in [4.78, 5) is 36.1. The van der Waals surface area contributed by atoms with Gasteiger partial charge in [-0.3, -0.25) is 30.6 Å². The molecule has 32 heavy (non-hydrogen) atoms. The largest absolute Gasteiger partial charge is 0.496 e. The number of nitrogens with one attached hydrogen (secondary N) is 4. The molecule has 4 N–H and O–H groups in total. The molecule has 8 nitrogen and oxygen atoms in total. The minimum Gasteiger partial charge on any atom is -0.496 e. The van der Waals surface area contributed by atoms with Gasteiger partial charge in [0.15, 0.2) is 5.11 Å². The summed E-state index contributed by atoms with van der Waals surface area (Å²) in [6.45, 7) is 3.92. The number of ether oxygens (including phenoxy) is 1. The number of hydrogen-bond acceptors (Lipinski definition) is 5. The third-order valence-corrected chi connectivity index (χ3v) is 4.31. The van der Waals surface area contributed by atoms with Gasteiger partial charge in [0.2, 0.25) is 11.8 Å². The van der Waals surface area contributed by atoms with Crippen LogP contribution >= 0.6 is 12.2 Å². The molecule has 0 aromatic heterocycles. The second kappa shape index (κ2) is 12.2. The Balaban J connectivity index is 1.81. The number of carbonyl (C=O) groups excluding carboxylic acids is 3. The molecule has 0 fully saturated rings. The molecule has 0 saturated carbocycles. The van der Waals surface area contributed by atoms with Crippen LogP contribution in [0.25, 0.3) is 6.08 Å². The number of benzene rings is 2. The standard InChI is InChI=1S/C23H26N4O4S/c1-15(2)14-21(29)24-18-11-8-17(9-12-18)22(30)26-27-23(32)25-20(28)13-10-16-6-4-5-7-19(16)31-3/h4-13,15H,14H2,1-3H3,(H,24,29)(H,26,30)(H2,25,27,28,32)/b13-10+. The quantitative estimate of drug-likeness (QED) is 0.291. The highest BCUT2D eigenvalue weighted by atomic mass is 32.1. The van der Waals surface area contributed by atoms with Gasteiger partial charge in [-0.25, -0.2) is 0 Å². The molecule has 0 aliphatic heterocycles. The number of amides is 3. The van der Waals surface area contributed by atoms with Crippen LogP contribution in [0.3, 0.4) is 0 Å². The zero-order valence-electron chi connectivity index (χ0n) is 18.1. The predicted molar refractivity (Wildman–Crippen MR) is 128 cm³/mol. The third-order valence-electron chi connectivity index (χ3n) is 4.10. The van der Waals surface area contributed by atoms with Crippen molar-refractivity contribution in [1.29, 1.82) is 0 Å². The number of thiocarbonyl (C=S) groups is 1. The molecule has 0 unspecified atom stereocenters. The van der Waals surface area contributed by atoms with Gasteiger partial charge >= 0.3 is 0 Å². The molecule has 0 atom stereocenters. The summed E-state index contributed by atoms with van der Waals surface area (Å²) in [7, 11) is 1.55. The summed E-state index contributed by atoms with van der Waals surface area (Å²) in [6.07, 6.45) is 3.32. The molecule has 2 rings (SSSR count). The zero-order valence-corrected chi connectivity index (χ0v) is 18.9. The Labute approximate surface area is 192 Å². The topological polar surface area (TPSA) is 109 Å². The number of carbonyl (C=O) groups is 3. The Bertz CT molecular complexity index is 1000. The second-order valence-corrected chi connectivity index (χ2v) is 7.60. The van der Waals surface area contributed by atoms with Crippen molar-refractivity contribution in [2.45, 2.75) is 20.3 Å². The molecule has 0 saturated heterocycles. The summed E-state index contributed by atoms with van der Waals surface area (Å²) < 4.78 is 5.22. The van der Waals surface area contributed by atoms with Gasteiger partial charge in [0, 0.05) is 29.3 Å². The summed E-state index contributed by atoms with van der Waals surface area (Å²) in [5, 5.41) is 5.14. The SMILES string of the molecule is COc1ccccc1/C=C/C(=O)NC(=S)NNC(=O)c1ccc(NC(=O)CC(C)C)cc1. The fourth-order valence-electron chi connectivity index (χ4n) is 2.63. The fraction of sp³-hybridized carbons (Fsp3) is 0.217. The van der Waals surface area contributed by atoms with Crippen molar-refractivity contribution < 1.29 is 19.1 Å². The Morgan fingerprint density at radius 1 is 1.03 bits per heavy atom. The van der Waals surface area contributed by atoms with Crippen LogP contribution in [0.2, 0.25) is 0 Å². The van der Waals surface area contributed by atoms with Crippen molar-refractivity contribution in [3.8, 4) is 5.75 Å². The normalized spacial score (nSPS) is 10.5. The van der Waals surface area contributed by atoms with E-state index >= 15 is 0 Å². The van der Waals surface area contributed by atoms with Crippen molar-refractivity contribution in [2.75, 3.05) is 12.4 Å². The molecule has 9 heteroatoms. The number of methoxy groups -OCH3 is 1. The molecule has 0 aliphatic rings. The Hall–Kier alpha value is -3.72. The van der Waals surface area contributed by atoms with Crippen LogP contribution in [0, 0.1) is 5.92 Å². The predicted octanol–water partition coefficient (Wildman–Crippen LogP) is 3.03. The lowest BCUT2D eigenvalue weighted by molar-refractivity contribution is -0.117. The maximum atomic E-state index is 12.2. The van der Waals surface area contributed by atoms with Gasteiger partial charge in [-0.1, -0.05) is 32.0 Å². The summed E-state index contributed by atoms with van der Waals surface area (Å²) >= 11 is 5.02. The molecule has 0 bridgehead atoms. The molecule has 0 heterocycles. The Morgan fingerprint density at radius 3 is 2.38 bits per heavy atom. The number of rotatable bonds is 7. The van der Waals surface area contributed by atoms with Crippen LogP contribution in [0.15, 0.2) is 54.6 Å². The molecule has 2 aromatic carbocycles. The van der Waals surface area contributed by atoms with Gasteiger partial charge in [-0.05, 0) is 54.5 Å². The van der Waals surface area contributed by atoms with Gasteiger partial charge in [-0.2, -0.15) is 0 Å². The van der Waals surface area contributed by atoms with Crippen LogP contribution in [0.1, 0.15) is 36.2 Å². The van der Waals surface area contributed by atoms with E-state index in [1.165, 1.54) is 6.08 Å². The average Bonchev–Trinajstić information content (AvgIpc) is 2.76. The van der Waals surface area contributed by atoms with Crippen molar-refractivity contribution in [1.82, 2.24) is 16.2 Å². The number of hydrazine groups is 1. The van der Waals surface area contributed by atoms with Crippen LogP contribution in [-0.4, -0.2) is 29.9 Å². The van der Waals surface area contributed by atoms with Gasteiger partial charge < -0.3 is 10.1 Å². The molecular formula is C23H26N4O4S. The van der Waals surface area contributed by atoms with Gasteiger partial charge in [0.1, 0.15) is 5.75 Å². The highest BCUT2D eigenvalue weighted by Crippen LogP contribution is 2.18. The zero-order chi connectivity index (χ0) is 23.5. The van der Waals surface area contributed by atoms with Crippen molar-refractivity contribution in [3.63, 3.8) is 0 Å². The smallest absolute Gasteiger partial charge is 0.269 e. The van der Waals surface area contributed by atoms with Gasteiger partial charge in [0.05, 0.1) is 7.11 Å². The Morgan fingerprint density at radius 2 is 1.72 bits per heavy atom. The highest BCUT2D eigenvalue weighted by molar-refractivity contribution is 7.80. The molecular weight excluding hydrogens is 428 g/mol. The van der Waals surface area contributed by atoms with Crippen molar-refractivity contribution in [3.05, 3.63) is 65.7 Å². The van der Waals surface area contributed by atoms with Crippen LogP contribution in [0.4, 0.5) is 5.69 Å². The minimum atomic E-state index is -0.468. The maximum absolute atomic E-state index is 12.2. The van der Waals surface area contributed by atoms with E-state index in [4.69, 9.17) is 17.0 Å². The molecule has 0 radical (unpaired) electrons. The van der Waals surface area contributed by atoms with E-state index in [1.54, 1.807) is 49.6 Å². The molecule has 2 aromatic rings. The second-order valence-electron chi connectivity index (χ2n) is 7.20. The first-order chi connectivity index (χ1) is 15.3. The maximum Gasteiger partial charge on any atom is 0.269 e. The van der Waals surface area contributed by atoms with E-state index in [0.29, 0.717) is 23.4 Å². The monoisotopic (exact) mass is 454 g/mol. The van der Waals surface area contributed by atoms with E-state index in [1.807, 2.05) is 26.0 Å². The molecule has 0 spiro atoms. The average molecular weight is 455 g/mol. The van der Waals surface area contributed by atoms with Gasteiger partial charge in [0.25, 0.3) is 5.91 Å². The first kappa shape index (κ1) is 24.5. The minimum absolute atomic E-state index is 0.0643. The van der Waals surface area contributed by atoms with Crippen molar-refractivity contribution >= 4 is 46.8 Å². The van der Waals surface area contributed by atoms with Crippen LogP contribution in [-0.2, 0) is 9.59 Å². The van der Waals surface area contributed by atoms with E-state index in [-0.39, 0.29) is 16.9 Å². The van der Waals surface area contributed by atoms with E-state index < -0.39 is 11.8 Å². The number of anilines is 1. The summed E-state index contributed by atoms with van der Waals surface area (Å²) in [5.41, 5.74) is 6.57. The number of para-hydroxylation sites is 1. The Kier molecular flexibility index (Phi) is 9.37. The van der Waals surface area contributed by atoms with Gasteiger partial charge in [-0.15, -0.1) is 0 Å². The van der Waals surface area contributed by atoms with E-state index in [9.17, 15) is 14.4 Å². The molecule has 168 valence electrons. The van der Waals surface area contributed by atoms with Crippen LogP contribution < -0.4 is 26.2 Å². The van der Waals surface area contributed by atoms with E-state index in [2.05, 4.69) is 21.5 Å². The third kappa shape index (κ3) is 8.19. The summed E-state index contributed by atoms with van der Waals surface area (Å²) in [5.74, 6) is -0.114. The van der Waals surface area contributed by atoms with E-state index in [0.717, 1.165) is 5.56 Å². The first-order valence-corrected chi connectivity index (χ1v) is 10.3. The lowest BCUT2D eigenvalue weighted by Crippen LogP contribution is -2.48. The molecule has 0 aliphatic carbocycles. The first-order valence-electron chi connectivity index (χ1n) is 9.90. The lowest BCUT2D eigenvalue weighted by atomic mass is 10.1. The van der Waals surface area contributed by atoms with Crippen LogP contribution in [0.5, 0.6) is 5.75 Å². The lowest BCUT2D eigenvalue weighted by Gasteiger charge is -2.11. The summed E-state index contributed by atoms with van der Waals surface area (Å²) in [6, 6.07) is 13.7. The fourth-order valence-corrected chi connectivity index (χ4v) is 2.78.